The van der Waals surface area contributed by atoms with Gasteiger partial charge in [0.2, 0.25) is 0 Å². The summed E-state index contributed by atoms with van der Waals surface area (Å²) in [7, 11) is 0. The van der Waals surface area contributed by atoms with E-state index >= 15 is 0 Å². The minimum Gasteiger partial charge on any atom is -0.312 e. The maximum absolute atomic E-state index is 13.6. The highest BCUT2D eigenvalue weighted by atomic mass is 79.9. The average molecular weight is 343 g/mol. The van der Waals surface area contributed by atoms with Crippen LogP contribution in [0.25, 0.3) is 0 Å². The molecule has 2 nitrogen and oxygen atoms in total. The molecule has 1 heterocycles. The zero-order valence-corrected chi connectivity index (χ0v) is 14.1. The predicted molar refractivity (Wildman–Crippen MR) is 85.2 cm³/mol. The first-order valence-corrected chi connectivity index (χ1v) is 8.06. The Bertz CT molecular complexity index is 456. The summed E-state index contributed by atoms with van der Waals surface area (Å²) >= 11 is 3.36. The number of nitrogens with one attached hydrogen (secondary N) is 1. The number of halogens is 2. The molecule has 1 aromatic rings. The van der Waals surface area contributed by atoms with Gasteiger partial charge in [-0.25, -0.2) is 4.39 Å². The second kappa shape index (κ2) is 6.54. The smallest absolute Gasteiger partial charge is 0.137 e. The largest absolute Gasteiger partial charge is 0.312 e. The van der Waals surface area contributed by atoms with E-state index in [1.807, 2.05) is 6.07 Å². The molecule has 4 heteroatoms. The Morgan fingerprint density at radius 2 is 2.15 bits per heavy atom. The standard InChI is InChI=1S/C16H24BrFN2/c1-16(2,3)14-11-20(9-5-8-19-14)10-12-6-4-7-13(18)15(12)17/h4,6-7,14,19H,5,8-11H2,1-3H3. The van der Waals surface area contributed by atoms with Crippen molar-refractivity contribution in [1.29, 1.82) is 0 Å². The van der Waals surface area contributed by atoms with Crippen LogP contribution < -0.4 is 5.32 Å². The van der Waals surface area contributed by atoms with Crippen LogP contribution in [0.3, 0.4) is 0 Å². The lowest BCUT2D eigenvalue weighted by molar-refractivity contribution is 0.192. The van der Waals surface area contributed by atoms with Gasteiger partial charge in [-0.05, 0) is 52.5 Å². The van der Waals surface area contributed by atoms with Crippen molar-refractivity contribution in [2.45, 2.75) is 39.8 Å². The molecule has 1 aromatic carbocycles. The fraction of sp³-hybridized carbons (Fsp3) is 0.625. The van der Waals surface area contributed by atoms with Crippen molar-refractivity contribution < 1.29 is 4.39 Å². The van der Waals surface area contributed by atoms with Crippen LogP contribution in [0.5, 0.6) is 0 Å². The van der Waals surface area contributed by atoms with Crippen molar-refractivity contribution in [3.8, 4) is 0 Å². The Labute approximate surface area is 129 Å². The SMILES string of the molecule is CC(C)(C)C1CN(Cc2cccc(F)c2Br)CCCN1. The summed E-state index contributed by atoms with van der Waals surface area (Å²) in [6, 6.07) is 5.75. The number of hydrogen-bond donors (Lipinski definition) is 1. The fourth-order valence-corrected chi connectivity index (χ4v) is 3.02. The molecule has 0 aromatic heterocycles. The minimum absolute atomic E-state index is 0.178. The van der Waals surface area contributed by atoms with Gasteiger partial charge in [0.15, 0.2) is 0 Å². The van der Waals surface area contributed by atoms with Gasteiger partial charge in [-0.15, -0.1) is 0 Å². The molecule has 1 unspecified atom stereocenters. The van der Waals surface area contributed by atoms with Gasteiger partial charge < -0.3 is 5.32 Å². The summed E-state index contributed by atoms with van der Waals surface area (Å²) in [5.41, 5.74) is 1.27. The van der Waals surface area contributed by atoms with Crippen LogP contribution in [-0.4, -0.2) is 30.6 Å². The molecule has 1 atom stereocenters. The second-order valence-corrected chi connectivity index (χ2v) is 7.47. The summed E-state index contributed by atoms with van der Waals surface area (Å²) in [6.45, 7) is 10.7. The van der Waals surface area contributed by atoms with Crippen LogP contribution in [0, 0.1) is 11.2 Å². The van der Waals surface area contributed by atoms with E-state index in [1.54, 1.807) is 6.07 Å². The second-order valence-electron chi connectivity index (χ2n) is 6.67. The van der Waals surface area contributed by atoms with Crippen molar-refractivity contribution in [2.75, 3.05) is 19.6 Å². The van der Waals surface area contributed by atoms with E-state index < -0.39 is 0 Å². The van der Waals surface area contributed by atoms with Gasteiger partial charge in [0.1, 0.15) is 5.82 Å². The van der Waals surface area contributed by atoms with Crippen LogP contribution in [0.15, 0.2) is 22.7 Å². The highest BCUT2D eigenvalue weighted by Gasteiger charge is 2.28. The van der Waals surface area contributed by atoms with E-state index in [9.17, 15) is 4.39 Å². The zero-order valence-electron chi connectivity index (χ0n) is 12.5. The van der Waals surface area contributed by atoms with Crippen molar-refractivity contribution in [3.63, 3.8) is 0 Å². The molecule has 20 heavy (non-hydrogen) atoms. The average Bonchev–Trinajstić information content (AvgIpc) is 2.60. The summed E-state index contributed by atoms with van der Waals surface area (Å²) in [5.74, 6) is -0.178. The van der Waals surface area contributed by atoms with Crippen LogP contribution >= 0.6 is 15.9 Å². The maximum atomic E-state index is 13.6. The fourth-order valence-electron chi connectivity index (χ4n) is 2.63. The van der Waals surface area contributed by atoms with Crippen LogP contribution in [0.1, 0.15) is 32.8 Å². The van der Waals surface area contributed by atoms with Crippen molar-refractivity contribution >= 4 is 15.9 Å². The van der Waals surface area contributed by atoms with Gasteiger partial charge in [-0.3, -0.25) is 4.90 Å². The Hall–Kier alpha value is -0.450. The van der Waals surface area contributed by atoms with Crippen LogP contribution in [0.2, 0.25) is 0 Å². The Kier molecular flexibility index (Phi) is 5.21. The summed E-state index contributed by atoms with van der Waals surface area (Å²) in [4.78, 5) is 2.43. The molecule has 1 saturated heterocycles. The lowest BCUT2D eigenvalue weighted by Gasteiger charge is -2.33. The molecule has 112 valence electrons. The molecule has 0 aliphatic carbocycles. The summed E-state index contributed by atoms with van der Waals surface area (Å²) in [5, 5.41) is 3.64. The van der Waals surface area contributed by atoms with Gasteiger partial charge in [-0.2, -0.15) is 0 Å². The van der Waals surface area contributed by atoms with Crippen molar-refractivity contribution in [1.82, 2.24) is 10.2 Å². The Morgan fingerprint density at radius 3 is 2.85 bits per heavy atom. The third kappa shape index (κ3) is 4.03. The van der Waals surface area contributed by atoms with Gasteiger partial charge in [0, 0.05) is 19.1 Å². The third-order valence-corrected chi connectivity index (χ3v) is 4.84. The molecule has 0 radical (unpaired) electrons. The first-order chi connectivity index (χ1) is 9.38. The lowest BCUT2D eigenvalue weighted by Crippen LogP contribution is -2.46. The van der Waals surface area contributed by atoms with E-state index in [-0.39, 0.29) is 11.2 Å². The van der Waals surface area contributed by atoms with Crippen LogP contribution in [0.4, 0.5) is 4.39 Å². The normalized spacial score (nSPS) is 21.8. The lowest BCUT2D eigenvalue weighted by atomic mass is 9.86. The van der Waals surface area contributed by atoms with Gasteiger partial charge in [0.25, 0.3) is 0 Å². The van der Waals surface area contributed by atoms with E-state index in [2.05, 4.69) is 46.9 Å². The molecule has 0 spiro atoms. The van der Waals surface area contributed by atoms with Gasteiger partial charge in [-0.1, -0.05) is 32.9 Å². The molecular weight excluding hydrogens is 319 g/mol. The summed E-state index contributed by atoms with van der Waals surface area (Å²) < 4.78 is 14.2. The van der Waals surface area contributed by atoms with E-state index in [1.165, 1.54) is 6.07 Å². The molecular formula is C16H24BrFN2. The highest BCUT2D eigenvalue weighted by Crippen LogP contribution is 2.25. The van der Waals surface area contributed by atoms with Gasteiger partial charge >= 0.3 is 0 Å². The molecule has 0 bridgehead atoms. The van der Waals surface area contributed by atoms with Crippen molar-refractivity contribution in [2.24, 2.45) is 5.41 Å². The number of rotatable bonds is 2. The van der Waals surface area contributed by atoms with E-state index in [4.69, 9.17) is 0 Å². The highest BCUT2D eigenvalue weighted by molar-refractivity contribution is 9.10. The number of hydrogen-bond acceptors (Lipinski definition) is 2. The quantitative estimate of drug-likeness (QED) is 0.879. The van der Waals surface area contributed by atoms with Crippen molar-refractivity contribution in [3.05, 3.63) is 34.1 Å². The van der Waals surface area contributed by atoms with Gasteiger partial charge in [0.05, 0.1) is 4.47 Å². The number of benzene rings is 1. The molecule has 1 fully saturated rings. The molecule has 1 aliphatic heterocycles. The Morgan fingerprint density at radius 1 is 1.40 bits per heavy atom. The number of nitrogens with zero attached hydrogens (tertiary/aromatic N) is 1. The summed E-state index contributed by atoms with van der Waals surface area (Å²) in [6.07, 6.45) is 1.14. The molecule has 0 amide bonds. The third-order valence-electron chi connectivity index (χ3n) is 3.95. The molecule has 0 saturated carbocycles. The maximum Gasteiger partial charge on any atom is 0.137 e. The molecule has 2 rings (SSSR count). The van der Waals surface area contributed by atoms with E-state index in [0.717, 1.165) is 38.2 Å². The minimum atomic E-state index is -0.178. The molecule has 1 aliphatic rings. The topological polar surface area (TPSA) is 15.3 Å². The van der Waals surface area contributed by atoms with Crippen LogP contribution in [-0.2, 0) is 6.54 Å². The first-order valence-electron chi connectivity index (χ1n) is 7.26. The predicted octanol–water partition coefficient (Wildman–Crippen LogP) is 3.80. The van der Waals surface area contributed by atoms with E-state index in [0.29, 0.717) is 10.5 Å². The molecule has 1 N–H and O–H groups in total. The zero-order chi connectivity index (χ0) is 14.8. The Balaban J connectivity index is 2.09. The monoisotopic (exact) mass is 342 g/mol. The first kappa shape index (κ1) is 15.9.